The molecule has 1 aromatic carbocycles. The number of aliphatic carboxylic acids is 1. The Morgan fingerprint density at radius 2 is 2.07 bits per heavy atom. The van der Waals surface area contributed by atoms with Crippen LogP contribution in [0.3, 0.4) is 0 Å². The van der Waals surface area contributed by atoms with Gasteiger partial charge in [0.05, 0.1) is 6.54 Å². The number of halogens is 1. The highest BCUT2D eigenvalue weighted by molar-refractivity contribution is 7.99. The Morgan fingerprint density at radius 1 is 1.33 bits per heavy atom. The average molecular weight is 449 g/mol. The van der Waals surface area contributed by atoms with Crippen LogP contribution in [0.2, 0.25) is 5.02 Å². The highest BCUT2D eigenvalue weighted by Crippen LogP contribution is 2.38. The van der Waals surface area contributed by atoms with Crippen LogP contribution in [0.5, 0.6) is 11.5 Å². The van der Waals surface area contributed by atoms with E-state index in [0.717, 1.165) is 66.3 Å². The van der Waals surface area contributed by atoms with Crippen molar-refractivity contribution in [3.63, 3.8) is 0 Å². The molecular weight excluding hydrogens is 424 g/mol. The zero-order chi connectivity index (χ0) is 21.1. The quantitative estimate of drug-likeness (QED) is 0.578. The van der Waals surface area contributed by atoms with Crippen LogP contribution in [0, 0.1) is 0 Å². The van der Waals surface area contributed by atoms with Crippen LogP contribution < -0.4 is 9.47 Å². The lowest BCUT2D eigenvalue weighted by molar-refractivity contribution is -0.131. The van der Waals surface area contributed by atoms with Crippen LogP contribution in [0.4, 0.5) is 0 Å². The van der Waals surface area contributed by atoms with E-state index in [1.54, 1.807) is 11.8 Å². The summed E-state index contributed by atoms with van der Waals surface area (Å²) in [5.74, 6) is 1.62. The standard InChI is InChI=1S/C22H25ClN2O4S/c1-2-3-20-24-21(30-16-6-4-14(5-7-16)8-22(26)27)12-25(20)11-15-9-18-19(10-17(15)23)29-13-28-18/h8-10,12,16H,2-7,11,13H2,1H3,(H,26,27). The van der Waals surface area contributed by atoms with Crippen molar-refractivity contribution in [1.82, 2.24) is 9.55 Å². The predicted octanol–water partition coefficient (Wildman–Crippen LogP) is 5.31. The van der Waals surface area contributed by atoms with E-state index in [1.807, 2.05) is 12.1 Å². The molecule has 30 heavy (non-hydrogen) atoms. The van der Waals surface area contributed by atoms with Gasteiger partial charge in [0.15, 0.2) is 11.5 Å². The molecule has 1 saturated carbocycles. The first-order valence-electron chi connectivity index (χ1n) is 10.2. The molecule has 6 nitrogen and oxygen atoms in total. The van der Waals surface area contributed by atoms with Crippen LogP contribution in [0.25, 0.3) is 0 Å². The van der Waals surface area contributed by atoms with Gasteiger partial charge in [0.2, 0.25) is 6.79 Å². The SMILES string of the molecule is CCCc1nc(SC2CCC(=CC(=O)O)CC2)cn1Cc1cc2c(cc1Cl)OCO2. The van der Waals surface area contributed by atoms with Crippen LogP contribution in [-0.4, -0.2) is 32.7 Å². The molecule has 0 atom stereocenters. The summed E-state index contributed by atoms with van der Waals surface area (Å²) in [6, 6.07) is 3.76. The Bertz CT molecular complexity index is 962. The lowest BCUT2D eigenvalue weighted by atomic mass is 9.94. The first-order chi connectivity index (χ1) is 14.5. The van der Waals surface area contributed by atoms with Gasteiger partial charge in [-0.05, 0) is 43.7 Å². The van der Waals surface area contributed by atoms with Crippen molar-refractivity contribution in [2.45, 2.75) is 62.3 Å². The van der Waals surface area contributed by atoms with E-state index in [2.05, 4.69) is 17.7 Å². The summed E-state index contributed by atoms with van der Waals surface area (Å²) < 4.78 is 13.1. The van der Waals surface area contributed by atoms with Gasteiger partial charge in [-0.3, -0.25) is 0 Å². The Hall–Kier alpha value is -2.12. The van der Waals surface area contributed by atoms with Crippen molar-refractivity contribution in [2.75, 3.05) is 6.79 Å². The molecule has 0 bridgehead atoms. The zero-order valence-corrected chi connectivity index (χ0v) is 18.5. The van der Waals surface area contributed by atoms with E-state index in [1.165, 1.54) is 6.08 Å². The normalized spacial score (nSPS) is 17.9. The maximum absolute atomic E-state index is 10.9. The molecule has 160 valence electrons. The number of rotatable bonds is 7. The van der Waals surface area contributed by atoms with Crippen molar-refractivity contribution in [1.29, 1.82) is 0 Å². The molecule has 2 heterocycles. The Balaban J connectivity index is 1.47. The highest BCUT2D eigenvalue weighted by atomic mass is 35.5. The third kappa shape index (κ3) is 4.95. The summed E-state index contributed by atoms with van der Waals surface area (Å²) in [6.07, 6.45) is 9.05. The fourth-order valence-corrected chi connectivity index (χ4v) is 5.25. The van der Waals surface area contributed by atoms with E-state index in [0.29, 0.717) is 22.6 Å². The Labute approximate surface area is 185 Å². The third-order valence-electron chi connectivity index (χ3n) is 5.38. The Morgan fingerprint density at radius 3 is 2.77 bits per heavy atom. The lowest BCUT2D eigenvalue weighted by Crippen LogP contribution is -2.11. The number of hydrogen-bond acceptors (Lipinski definition) is 5. The minimum absolute atomic E-state index is 0.229. The first kappa shape index (κ1) is 21.1. The number of allylic oxidation sites excluding steroid dienone is 1. The summed E-state index contributed by atoms with van der Waals surface area (Å²) in [5, 5.41) is 11.1. The molecule has 0 radical (unpaired) electrons. The smallest absolute Gasteiger partial charge is 0.328 e. The number of aromatic nitrogens is 2. The third-order valence-corrected chi connectivity index (χ3v) is 6.98. The van der Waals surface area contributed by atoms with E-state index >= 15 is 0 Å². The van der Waals surface area contributed by atoms with Crippen LogP contribution in [0.1, 0.15) is 50.4 Å². The van der Waals surface area contributed by atoms with Gasteiger partial charge in [0, 0.05) is 35.0 Å². The molecular formula is C22H25ClN2O4S. The number of carboxylic acid groups (broad SMARTS) is 1. The summed E-state index contributed by atoms with van der Waals surface area (Å²) in [7, 11) is 0. The van der Waals surface area contributed by atoms with Gasteiger partial charge in [0.1, 0.15) is 10.9 Å². The number of thioether (sulfide) groups is 1. The van der Waals surface area contributed by atoms with E-state index in [9.17, 15) is 4.79 Å². The second kappa shape index (κ2) is 9.35. The predicted molar refractivity (Wildman–Crippen MR) is 117 cm³/mol. The van der Waals surface area contributed by atoms with Gasteiger partial charge < -0.3 is 19.1 Å². The molecule has 1 aliphatic heterocycles. The minimum Gasteiger partial charge on any atom is -0.478 e. The number of aryl methyl sites for hydroxylation is 1. The molecule has 1 aliphatic carbocycles. The molecule has 8 heteroatoms. The molecule has 2 aromatic rings. The highest BCUT2D eigenvalue weighted by Gasteiger charge is 2.21. The second-order valence-corrected chi connectivity index (χ2v) is 9.36. The number of ether oxygens (including phenoxy) is 2. The van der Waals surface area contributed by atoms with E-state index in [4.69, 9.17) is 31.2 Å². The maximum atomic E-state index is 10.9. The first-order valence-corrected chi connectivity index (χ1v) is 11.5. The zero-order valence-electron chi connectivity index (χ0n) is 16.9. The maximum Gasteiger partial charge on any atom is 0.328 e. The van der Waals surface area contributed by atoms with Crippen LogP contribution in [0.15, 0.2) is 35.0 Å². The average Bonchev–Trinajstić information content (AvgIpc) is 3.30. The van der Waals surface area contributed by atoms with Gasteiger partial charge in [0.25, 0.3) is 0 Å². The topological polar surface area (TPSA) is 73.6 Å². The fourth-order valence-electron chi connectivity index (χ4n) is 3.88. The molecule has 2 aliphatic rings. The number of hydrogen-bond donors (Lipinski definition) is 1. The van der Waals surface area contributed by atoms with Crippen molar-refractivity contribution in [3.05, 3.63) is 46.4 Å². The molecule has 0 amide bonds. The summed E-state index contributed by atoms with van der Waals surface area (Å²) in [6.45, 7) is 3.01. The summed E-state index contributed by atoms with van der Waals surface area (Å²) >= 11 is 8.27. The molecule has 0 saturated heterocycles. The fraction of sp³-hybridized carbons (Fsp3) is 0.455. The molecule has 1 aromatic heterocycles. The van der Waals surface area contributed by atoms with Crippen LogP contribution in [-0.2, 0) is 17.8 Å². The largest absolute Gasteiger partial charge is 0.478 e. The van der Waals surface area contributed by atoms with Gasteiger partial charge in [-0.1, -0.05) is 24.1 Å². The molecule has 1 fully saturated rings. The summed E-state index contributed by atoms with van der Waals surface area (Å²) in [5.41, 5.74) is 2.02. The Kier molecular flexibility index (Phi) is 6.58. The van der Waals surface area contributed by atoms with Crippen LogP contribution >= 0.6 is 23.4 Å². The number of fused-ring (bicyclic) bond motifs is 1. The molecule has 4 rings (SSSR count). The molecule has 0 spiro atoms. The molecule has 1 N–H and O–H groups in total. The van der Waals surface area contributed by atoms with Gasteiger partial charge >= 0.3 is 5.97 Å². The number of benzene rings is 1. The second-order valence-electron chi connectivity index (χ2n) is 7.63. The van der Waals surface area contributed by atoms with Crippen molar-refractivity contribution in [3.8, 4) is 11.5 Å². The van der Waals surface area contributed by atoms with Gasteiger partial charge in [-0.2, -0.15) is 0 Å². The van der Waals surface area contributed by atoms with E-state index < -0.39 is 5.97 Å². The summed E-state index contributed by atoms with van der Waals surface area (Å²) in [4.78, 5) is 15.7. The van der Waals surface area contributed by atoms with Crippen molar-refractivity contribution < 1.29 is 19.4 Å². The van der Waals surface area contributed by atoms with Crippen molar-refractivity contribution >= 4 is 29.3 Å². The number of carboxylic acids is 1. The van der Waals surface area contributed by atoms with Gasteiger partial charge in [-0.15, -0.1) is 11.8 Å². The monoisotopic (exact) mass is 448 g/mol. The number of carbonyl (C=O) groups is 1. The number of imidazole rings is 1. The van der Waals surface area contributed by atoms with Crippen molar-refractivity contribution in [2.24, 2.45) is 0 Å². The van der Waals surface area contributed by atoms with Gasteiger partial charge in [-0.25, -0.2) is 9.78 Å². The minimum atomic E-state index is -0.846. The lowest BCUT2D eigenvalue weighted by Gasteiger charge is -2.22. The number of nitrogens with zero attached hydrogens (tertiary/aromatic N) is 2. The molecule has 0 unspecified atom stereocenters. The van der Waals surface area contributed by atoms with E-state index in [-0.39, 0.29) is 6.79 Å².